The van der Waals surface area contributed by atoms with Crippen LogP contribution in [0.4, 0.5) is 5.88 Å². The van der Waals surface area contributed by atoms with E-state index in [2.05, 4.69) is 15.0 Å². The summed E-state index contributed by atoms with van der Waals surface area (Å²) in [4.78, 5) is 18.1. The fourth-order valence-electron chi connectivity index (χ4n) is 4.31. The molecule has 1 aliphatic rings. The maximum absolute atomic E-state index is 13.3. The second-order valence-electron chi connectivity index (χ2n) is 8.16. The highest BCUT2D eigenvalue weighted by Gasteiger charge is 2.25. The van der Waals surface area contributed by atoms with E-state index in [-0.39, 0.29) is 11.8 Å². The van der Waals surface area contributed by atoms with Crippen molar-refractivity contribution < 1.29 is 14.1 Å². The normalized spacial score (nSPS) is 13.2. The molecule has 7 nitrogen and oxygen atoms in total. The van der Waals surface area contributed by atoms with Crippen molar-refractivity contribution in [2.75, 3.05) is 11.9 Å². The van der Waals surface area contributed by atoms with Crippen molar-refractivity contribution >= 4 is 23.4 Å². The first-order valence-electron chi connectivity index (χ1n) is 11.5. The number of benzene rings is 2. The van der Waals surface area contributed by atoms with Crippen LogP contribution in [0.25, 0.3) is 22.6 Å². The van der Waals surface area contributed by atoms with Gasteiger partial charge in [0, 0.05) is 28.8 Å². The first-order chi connectivity index (χ1) is 16.6. The molecule has 0 fully saturated rings. The molecule has 1 amide bonds. The molecule has 3 heterocycles. The third-order valence-corrected chi connectivity index (χ3v) is 6.15. The van der Waals surface area contributed by atoms with Gasteiger partial charge in [0.2, 0.25) is 5.88 Å². The summed E-state index contributed by atoms with van der Waals surface area (Å²) in [5, 5.41) is 7.63. The van der Waals surface area contributed by atoms with E-state index in [1.54, 1.807) is 6.07 Å². The predicted molar refractivity (Wildman–Crippen MR) is 131 cm³/mol. The molecule has 1 N–H and O–H groups in total. The Hall–Kier alpha value is -3.58. The van der Waals surface area contributed by atoms with Crippen LogP contribution in [-0.4, -0.2) is 27.2 Å². The number of rotatable bonds is 6. The first kappa shape index (κ1) is 22.2. The molecule has 5 rings (SSSR count). The number of hydrogen-bond acceptors (Lipinski definition) is 5. The predicted octanol–water partition coefficient (Wildman–Crippen LogP) is 6.24. The smallest absolute Gasteiger partial charge is 0.278 e. The van der Waals surface area contributed by atoms with E-state index < -0.39 is 0 Å². The molecule has 1 aliphatic heterocycles. The molecule has 0 radical (unpaired) electrons. The van der Waals surface area contributed by atoms with Gasteiger partial charge < -0.3 is 13.8 Å². The molecule has 0 saturated carbocycles. The van der Waals surface area contributed by atoms with Gasteiger partial charge in [-0.2, -0.15) is 0 Å². The average molecular weight is 477 g/mol. The van der Waals surface area contributed by atoms with Gasteiger partial charge in [0.05, 0.1) is 12.3 Å². The lowest BCUT2D eigenvalue weighted by Gasteiger charge is -2.09. The number of aromatic nitrogens is 3. The van der Waals surface area contributed by atoms with Gasteiger partial charge in [0.25, 0.3) is 5.91 Å². The van der Waals surface area contributed by atoms with Gasteiger partial charge in [-0.25, -0.2) is 4.98 Å². The molecule has 0 unspecified atom stereocenters. The number of amides is 1. The molecular weight excluding hydrogens is 452 g/mol. The Balaban J connectivity index is 1.44. The molecule has 0 aliphatic carbocycles. The highest BCUT2D eigenvalue weighted by molar-refractivity contribution is 6.30. The van der Waals surface area contributed by atoms with E-state index in [0.717, 1.165) is 54.9 Å². The first-order valence-corrected chi connectivity index (χ1v) is 11.9. The molecular formula is C26H25ClN4O3. The van der Waals surface area contributed by atoms with Crippen molar-refractivity contribution in [1.82, 2.24) is 14.7 Å². The summed E-state index contributed by atoms with van der Waals surface area (Å²) in [5.74, 6) is 1.44. The minimum atomic E-state index is -0.313. The summed E-state index contributed by atoms with van der Waals surface area (Å²) < 4.78 is 13.3. The zero-order valence-corrected chi connectivity index (χ0v) is 19.6. The van der Waals surface area contributed by atoms with E-state index in [1.165, 1.54) is 0 Å². The van der Waals surface area contributed by atoms with Crippen LogP contribution in [0.1, 0.15) is 42.4 Å². The van der Waals surface area contributed by atoms with Gasteiger partial charge >= 0.3 is 0 Å². The van der Waals surface area contributed by atoms with Crippen LogP contribution in [-0.2, 0) is 13.0 Å². The Labute approximate surface area is 202 Å². The van der Waals surface area contributed by atoms with E-state index in [0.29, 0.717) is 28.8 Å². The SMILES string of the molecule is CCOc1ccccc1-c1cc(NC(=O)c2nc(-c3ccc(Cl)cc3)n3c2CCCCC3)on1. The quantitative estimate of drug-likeness (QED) is 0.356. The lowest BCUT2D eigenvalue weighted by molar-refractivity contribution is 0.101. The second kappa shape index (κ2) is 9.73. The Bertz CT molecular complexity index is 1310. The molecule has 0 bridgehead atoms. The number of nitrogens with zero attached hydrogens (tertiary/aromatic N) is 3. The van der Waals surface area contributed by atoms with Gasteiger partial charge in [-0.15, -0.1) is 0 Å². The van der Waals surface area contributed by atoms with Gasteiger partial charge in [-0.1, -0.05) is 35.3 Å². The molecule has 4 aromatic rings. The molecule has 2 aromatic heterocycles. The third kappa shape index (κ3) is 4.43. The highest BCUT2D eigenvalue weighted by atomic mass is 35.5. The maximum atomic E-state index is 13.3. The summed E-state index contributed by atoms with van der Waals surface area (Å²) in [6.07, 6.45) is 3.99. The van der Waals surface area contributed by atoms with Crippen LogP contribution in [0.5, 0.6) is 5.75 Å². The monoisotopic (exact) mass is 476 g/mol. The van der Waals surface area contributed by atoms with Crippen LogP contribution in [0.15, 0.2) is 59.1 Å². The van der Waals surface area contributed by atoms with Crippen LogP contribution in [0.3, 0.4) is 0 Å². The van der Waals surface area contributed by atoms with Crippen molar-refractivity contribution in [1.29, 1.82) is 0 Å². The number of halogens is 1. The minimum Gasteiger partial charge on any atom is -0.493 e. The number of fused-ring (bicyclic) bond motifs is 1. The number of anilines is 1. The summed E-state index contributed by atoms with van der Waals surface area (Å²) >= 11 is 6.07. The van der Waals surface area contributed by atoms with Gasteiger partial charge in [-0.05, 0) is 62.6 Å². The summed E-state index contributed by atoms with van der Waals surface area (Å²) in [7, 11) is 0. The van der Waals surface area contributed by atoms with Crippen molar-refractivity contribution in [3.05, 3.63) is 71.0 Å². The topological polar surface area (TPSA) is 82.2 Å². The summed E-state index contributed by atoms with van der Waals surface area (Å²) in [6.45, 7) is 3.30. The van der Waals surface area contributed by atoms with Crippen molar-refractivity contribution in [2.45, 2.75) is 39.2 Å². The number of nitrogens with one attached hydrogen (secondary N) is 1. The van der Waals surface area contributed by atoms with E-state index >= 15 is 0 Å². The minimum absolute atomic E-state index is 0.259. The summed E-state index contributed by atoms with van der Waals surface area (Å²) in [6, 6.07) is 16.8. The largest absolute Gasteiger partial charge is 0.493 e. The van der Waals surface area contributed by atoms with Crippen LogP contribution in [0, 0.1) is 0 Å². The highest BCUT2D eigenvalue weighted by Crippen LogP contribution is 2.32. The van der Waals surface area contributed by atoms with Crippen LogP contribution in [0.2, 0.25) is 5.02 Å². The Morgan fingerprint density at radius 2 is 1.97 bits per heavy atom. The molecule has 0 saturated heterocycles. The zero-order valence-electron chi connectivity index (χ0n) is 18.9. The molecule has 0 atom stereocenters. The zero-order chi connectivity index (χ0) is 23.5. The van der Waals surface area contributed by atoms with E-state index in [9.17, 15) is 4.79 Å². The van der Waals surface area contributed by atoms with Crippen molar-refractivity contribution in [2.24, 2.45) is 0 Å². The summed E-state index contributed by atoms with van der Waals surface area (Å²) in [5.41, 5.74) is 3.68. The standard InChI is InChI=1S/C26H25ClN4O3/c1-2-33-22-10-6-5-8-19(22)20-16-23(34-30-20)28-26(32)24-21-9-4-3-7-15-31(21)25(29-24)17-11-13-18(27)14-12-17/h5-6,8,10-14,16H,2-4,7,9,15H2,1H3,(H,28,32). The van der Waals surface area contributed by atoms with Gasteiger partial charge in [0.1, 0.15) is 17.3 Å². The molecule has 2 aromatic carbocycles. The molecule has 0 spiro atoms. The Morgan fingerprint density at radius 3 is 2.79 bits per heavy atom. The van der Waals surface area contributed by atoms with Crippen LogP contribution >= 0.6 is 11.6 Å². The number of carbonyl (C=O) groups is 1. The number of imidazole rings is 1. The lowest BCUT2D eigenvalue weighted by Crippen LogP contribution is -2.15. The Kier molecular flexibility index (Phi) is 6.36. The number of para-hydroxylation sites is 1. The van der Waals surface area contributed by atoms with Crippen molar-refractivity contribution in [3.63, 3.8) is 0 Å². The number of ether oxygens (including phenoxy) is 1. The number of carbonyl (C=O) groups excluding carboxylic acids is 1. The molecule has 8 heteroatoms. The van der Waals surface area contributed by atoms with Gasteiger partial charge in [-0.3, -0.25) is 10.1 Å². The molecule has 174 valence electrons. The maximum Gasteiger partial charge on any atom is 0.278 e. The fourth-order valence-corrected chi connectivity index (χ4v) is 4.44. The van der Waals surface area contributed by atoms with E-state index in [4.69, 9.17) is 25.8 Å². The van der Waals surface area contributed by atoms with Gasteiger partial charge in [0.15, 0.2) is 5.69 Å². The van der Waals surface area contributed by atoms with Crippen LogP contribution < -0.4 is 10.1 Å². The van der Waals surface area contributed by atoms with Crippen molar-refractivity contribution in [3.8, 4) is 28.4 Å². The molecule has 34 heavy (non-hydrogen) atoms. The Morgan fingerprint density at radius 1 is 1.15 bits per heavy atom. The number of hydrogen-bond donors (Lipinski definition) is 1. The third-order valence-electron chi connectivity index (χ3n) is 5.90. The second-order valence-corrected chi connectivity index (χ2v) is 8.60. The lowest BCUT2D eigenvalue weighted by atomic mass is 10.1. The average Bonchev–Trinajstić information content (AvgIpc) is 3.37. The van der Waals surface area contributed by atoms with E-state index in [1.807, 2.05) is 55.5 Å². The fraction of sp³-hybridized carbons (Fsp3) is 0.269.